The van der Waals surface area contributed by atoms with Crippen molar-refractivity contribution in [2.45, 2.75) is 39.8 Å². The summed E-state index contributed by atoms with van der Waals surface area (Å²) in [5.41, 5.74) is 1.01. The van der Waals surface area contributed by atoms with Gasteiger partial charge in [-0.05, 0) is 43.9 Å². The Hall–Kier alpha value is -1.71. The zero-order valence-electron chi connectivity index (χ0n) is 16.5. The summed E-state index contributed by atoms with van der Waals surface area (Å²) in [6.45, 7) is 8.05. The van der Waals surface area contributed by atoms with E-state index >= 15 is 0 Å². The van der Waals surface area contributed by atoms with Crippen molar-refractivity contribution in [2.24, 2.45) is 10.9 Å². The number of aliphatic imine (C=N–C) groups is 1. The second kappa shape index (κ2) is 11.9. The van der Waals surface area contributed by atoms with E-state index in [4.69, 9.17) is 9.47 Å². The largest absolute Gasteiger partial charge is 0.493 e. The van der Waals surface area contributed by atoms with E-state index in [1.807, 2.05) is 25.1 Å². The summed E-state index contributed by atoms with van der Waals surface area (Å²) >= 11 is 0. The molecule has 0 aliphatic heterocycles. The van der Waals surface area contributed by atoms with Crippen molar-refractivity contribution < 1.29 is 14.3 Å². The SMILES string of the molecule is CCNC(=O)COc1ccc(CN=C(NCC)NC2CC2C)cc1OC.I. The highest BCUT2D eigenvalue weighted by Gasteiger charge is 2.33. The van der Waals surface area contributed by atoms with Crippen LogP contribution < -0.4 is 25.4 Å². The van der Waals surface area contributed by atoms with Crippen LogP contribution in [0.3, 0.4) is 0 Å². The van der Waals surface area contributed by atoms with Crippen molar-refractivity contribution in [3.63, 3.8) is 0 Å². The summed E-state index contributed by atoms with van der Waals surface area (Å²) in [7, 11) is 1.58. The lowest BCUT2D eigenvalue weighted by Crippen LogP contribution is -2.39. The first-order chi connectivity index (χ1) is 12.6. The van der Waals surface area contributed by atoms with Crippen LogP contribution in [0.2, 0.25) is 0 Å². The number of methoxy groups -OCH3 is 1. The molecule has 0 heterocycles. The van der Waals surface area contributed by atoms with Gasteiger partial charge in [0.1, 0.15) is 0 Å². The summed E-state index contributed by atoms with van der Waals surface area (Å²) in [4.78, 5) is 16.2. The van der Waals surface area contributed by atoms with Crippen LogP contribution in [-0.2, 0) is 11.3 Å². The molecule has 3 N–H and O–H groups in total. The Balaban J connectivity index is 0.00000364. The van der Waals surface area contributed by atoms with Crippen LogP contribution >= 0.6 is 24.0 Å². The van der Waals surface area contributed by atoms with Gasteiger partial charge in [-0.2, -0.15) is 0 Å². The Morgan fingerprint density at radius 3 is 2.52 bits per heavy atom. The highest BCUT2D eigenvalue weighted by Crippen LogP contribution is 2.29. The number of hydrogen-bond donors (Lipinski definition) is 3. The van der Waals surface area contributed by atoms with Gasteiger partial charge < -0.3 is 25.4 Å². The molecule has 0 bridgehead atoms. The van der Waals surface area contributed by atoms with Crippen molar-refractivity contribution >= 4 is 35.8 Å². The summed E-state index contributed by atoms with van der Waals surface area (Å²) in [5.74, 6) is 2.52. The number of amides is 1. The molecule has 152 valence electrons. The number of likely N-dealkylation sites (N-methyl/N-ethyl adjacent to an activating group) is 1. The molecule has 1 aliphatic rings. The Morgan fingerprint density at radius 2 is 1.93 bits per heavy atom. The average Bonchev–Trinajstić information content (AvgIpc) is 3.33. The molecule has 1 amide bonds. The van der Waals surface area contributed by atoms with E-state index in [-0.39, 0.29) is 36.5 Å². The third-order valence-corrected chi connectivity index (χ3v) is 4.16. The van der Waals surface area contributed by atoms with Crippen LogP contribution in [0.4, 0.5) is 0 Å². The monoisotopic (exact) mass is 490 g/mol. The van der Waals surface area contributed by atoms with Gasteiger partial charge in [-0.3, -0.25) is 4.79 Å². The number of benzene rings is 1. The van der Waals surface area contributed by atoms with Gasteiger partial charge >= 0.3 is 0 Å². The van der Waals surface area contributed by atoms with Crippen LogP contribution in [0.15, 0.2) is 23.2 Å². The van der Waals surface area contributed by atoms with E-state index in [0.717, 1.165) is 18.1 Å². The number of halogens is 1. The molecule has 2 atom stereocenters. The molecule has 1 aromatic rings. The van der Waals surface area contributed by atoms with Crippen LogP contribution in [0.5, 0.6) is 11.5 Å². The van der Waals surface area contributed by atoms with Gasteiger partial charge in [-0.1, -0.05) is 13.0 Å². The predicted molar refractivity (Wildman–Crippen MR) is 118 cm³/mol. The third kappa shape index (κ3) is 7.82. The number of rotatable bonds is 9. The maximum Gasteiger partial charge on any atom is 0.257 e. The van der Waals surface area contributed by atoms with E-state index in [9.17, 15) is 4.79 Å². The summed E-state index contributed by atoms with van der Waals surface area (Å²) in [6.07, 6.45) is 1.19. The molecule has 27 heavy (non-hydrogen) atoms. The van der Waals surface area contributed by atoms with Crippen LogP contribution in [0.1, 0.15) is 32.8 Å². The molecule has 0 spiro atoms. The van der Waals surface area contributed by atoms with Crippen LogP contribution in [-0.4, -0.2) is 44.7 Å². The van der Waals surface area contributed by atoms with E-state index in [0.29, 0.717) is 36.5 Å². The minimum absolute atomic E-state index is 0. The second-order valence-electron chi connectivity index (χ2n) is 6.39. The van der Waals surface area contributed by atoms with Crippen molar-refractivity contribution in [3.8, 4) is 11.5 Å². The lowest BCUT2D eigenvalue weighted by Gasteiger charge is -2.13. The molecule has 8 heteroatoms. The number of nitrogens with zero attached hydrogens (tertiary/aromatic N) is 1. The smallest absolute Gasteiger partial charge is 0.257 e. The summed E-state index contributed by atoms with van der Waals surface area (Å²) < 4.78 is 10.9. The quantitative estimate of drug-likeness (QED) is 0.281. The molecule has 0 radical (unpaired) electrons. The molecule has 1 aromatic carbocycles. The first-order valence-corrected chi connectivity index (χ1v) is 9.18. The standard InChI is InChI=1S/C19H30N4O3.HI/c1-5-20-18(24)12-26-16-8-7-14(10-17(16)25-4)11-22-19(21-6-2)23-15-9-13(15)3;/h7-8,10,13,15H,5-6,9,11-12H2,1-4H3,(H,20,24)(H2,21,22,23);1H. The topological polar surface area (TPSA) is 84.0 Å². The number of guanidine groups is 1. The number of carbonyl (C=O) groups excluding carboxylic acids is 1. The molecular formula is C19H31IN4O3. The molecule has 1 fully saturated rings. The van der Waals surface area contributed by atoms with E-state index in [1.54, 1.807) is 7.11 Å². The van der Waals surface area contributed by atoms with E-state index < -0.39 is 0 Å². The van der Waals surface area contributed by atoms with Gasteiger partial charge in [0, 0.05) is 19.1 Å². The van der Waals surface area contributed by atoms with Crippen molar-refractivity contribution in [1.82, 2.24) is 16.0 Å². The zero-order valence-corrected chi connectivity index (χ0v) is 18.8. The highest BCUT2D eigenvalue weighted by molar-refractivity contribution is 14.0. The van der Waals surface area contributed by atoms with Gasteiger partial charge in [0.2, 0.25) is 0 Å². The van der Waals surface area contributed by atoms with Gasteiger partial charge in [0.15, 0.2) is 24.1 Å². The molecule has 2 unspecified atom stereocenters. The van der Waals surface area contributed by atoms with Gasteiger partial charge in [0.25, 0.3) is 5.91 Å². The zero-order chi connectivity index (χ0) is 18.9. The fourth-order valence-corrected chi connectivity index (χ4v) is 2.51. The lowest BCUT2D eigenvalue weighted by atomic mass is 10.2. The maximum absolute atomic E-state index is 11.5. The van der Waals surface area contributed by atoms with Gasteiger partial charge in [-0.25, -0.2) is 4.99 Å². The Morgan fingerprint density at radius 1 is 1.22 bits per heavy atom. The minimum Gasteiger partial charge on any atom is -0.493 e. The van der Waals surface area contributed by atoms with E-state index in [1.165, 1.54) is 6.42 Å². The molecule has 1 aliphatic carbocycles. The molecule has 0 aromatic heterocycles. The normalized spacial score (nSPS) is 18.1. The highest BCUT2D eigenvalue weighted by atomic mass is 127. The molecule has 2 rings (SSSR count). The van der Waals surface area contributed by atoms with Crippen LogP contribution in [0, 0.1) is 5.92 Å². The average molecular weight is 490 g/mol. The summed E-state index contributed by atoms with van der Waals surface area (Å²) in [5, 5.41) is 9.40. The number of nitrogens with one attached hydrogen (secondary N) is 3. The van der Waals surface area contributed by atoms with Crippen molar-refractivity contribution in [2.75, 3.05) is 26.8 Å². The van der Waals surface area contributed by atoms with Crippen molar-refractivity contribution in [1.29, 1.82) is 0 Å². The maximum atomic E-state index is 11.5. The number of carbonyl (C=O) groups is 1. The number of ether oxygens (including phenoxy) is 2. The fraction of sp³-hybridized carbons (Fsp3) is 0.579. The molecule has 0 saturated heterocycles. The predicted octanol–water partition coefficient (Wildman–Crippen LogP) is 2.29. The molecule has 1 saturated carbocycles. The Labute approximate surface area is 178 Å². The van der Waals surface area contributed by atoms with Gasteiger partial charge in [-0.15, -0.1) is 24.0 Å². The first-order valence-electron chi connectivity index (χ1n) is 9.18. The third-order valence-electron chi connectivity index (χ3n) is 4.16. The Bertz CT molecular complexity index is 639. The van der Waals surface area contributed by atoms with Gasteiger partial charge in [0.05, 0.1) is 13.7 Å². The molecular weight excluding hydrogens is 459 g/mol. The molecule has 7 nitrogen and oxygen atoms in total. The lowest BCUT2D eigenvalue weighted by molar-refractivity contribution is -0.123. The Kier molecular flexibility index (Phi) is 10.3. The minimum atomic E-state index is -0.154. The number of hydrogen-bond acceptors (Lipinski definition) is 4. The second-order valence-corrected chi connectivity index (χ2v) is 6.39. The summed E-state index contributed by atoms with van der Waals surface area (Å²) in [6, 6.07) is 6.15. The fourth-order valence-electron chi connectivity index (χ4n) is 2.51. The van der Waals surface area contributed by atoms with Crippen LogP contribution in [0.25, 0.3) is 0 Å². The first kappa shape index (κ1) is 23.3. The van der Waals surface area contributed by atoms with E-state index in [2.05, 4.69) is 34.8 Å². The van der Waals surface area contributed by atoms with Crippen molar-refractivity contribution in [3.05, 3.63) is 23.8 Å².